The van der Waals surface area contributed by atoms with E-state index in [1.807, 2.05) is 0 Å². The van der Waals surface area contributed by atoms with E-state index in [1.54, 1.807) is 19.1 Å². The Morgan fingerprint density at radius 1 is 1.10 bits per heavy atom. The third-order valence-electron chi connectivity index (χ3n) is 4.80. The number of fused-ring (bicyclic) bond motifs is 1. The molecule has 10 heteroatoms. The summed E-state index contributed by atoms with van der Waals surface area (Å²) in [6, 6.07) is 8.88. The smallest absolute Gasteiger partial charge is 0.258 e. The number of sulfone groups is 1. The van der Waals surface area contributed by atoms with Crippen LogP contribution in [0.1, 0.15) is 23.1 Å². The van der Waals surface area contributed by atoms with Crippen LogP contribution >= 0.6 is 0 Å². The first-order valence-electron chi connectivity index (χ1n) is 9.42. The Kier molecular flexibility index (Phi) is 6.30. The van der Waals surface area contributed by atoms with Crippen LogP contribution in [0.4, 0.5) is 0 Å². The highest BCUT2D eigenvalue weighted by molar-refractivity contribution is 7.90. The van der Waals surface area contributed by atoms with Crippen molar-refractivity contribution in [2.75, 3.05) is 27.0 Å². The minimum Gasteiger partial charge on any atom is -0.493 e. The van der Waals surface area contributed by atoms with Gasteiger partial charge in [0.15, 0.2) is 21.3 Å². The molecule has 0 saturated heterocycles. The highest BCUT2D eigenvalue weighted by atomic mass is 32.2. The van der Waals surface area contributed by atoms with Gasteiger partial charge >= 0.3 is 0 Å². The topological polar surface area (TPSA) is 119 Å². The lowest BCUT2D eigenvalue weighted by molar-refractivity contribution is 0.0748. The van der Waals surface area contributed by atoms with Crippen LogP contribution < -0.4 is 15.0 Å². The fraction of sp³-hybridized carbons (Fsp3) is 0.286. The van der Waals surface area contributed by atoms with E-state index in [2.05, 4.69) is 9.97 Å². The highest BCUT2D eigenvalue weighted by Crippen LogP contribution is 2.30. The van der Waals surface area contributed by atoms with Crippen LogP contribution in [-0.2, 0) is 16.4 Å². The average Bonchev–Trinajstić information content (AvgIpc) is 2.75. The molecule has 0 aliphatic heterocycles. The van der Waals surface area contributed by atoms with Gasteiger partial charge in [0.25, 0.3) is 11.5 Å². The zero-order valence-electron chi connectivity index (χ0n) is 17.6. The molecule has 1 aromatic heterocycles. The molecule has 3 aromatic rings. The first-order valence-corrected chi connectivity index (χ1v) is 11.3. The van der Waals surface area contributed by atoms with E-state index in [4.69, 9.17) is 9.47 Å². The summed E-state index contributed by atoms with van der Waals surface area (Å²) in [7, 11) is -0.380. The number of ether oxygens (including phenoxy) is 2. The number of carbonyl (C=O) groups excluding carboxylic acids is 1. The standard InChI is InChI=1S/C21H23N3O6S/c1-5-24(21(26)13-6-8-14(9-7-13)31(4,27)28)12-19-22-16-11-18(30-3)17(29-2)10-15(16)20(25)23-19/h6-11H,5,12H2,1-4H3,(H,22,23,25). The van der Waals surface area contributed by atoms with E-state index in [0.717, 1.165) is 6.26 Å². The van der Waals surface area contributed by atoms with E-state index < -0.39 is 9.84 Å². The number of hydrogen-bond acceptors (Lipinski definition) is 7. The Bertz CT molecular complexity index is 1280. The molecule has 3 rings (SSSR count). The number of aromatic amines is 1. The zero-order valence-corrected chi connectivity index (χ0v) is 18.4. The number of methoxy groups -OCH3 is 2. The van der Waals surface area contributed by atoms with E-state index in [0.29, 0.717) is 40.3 Å². The van der Waals surface area contributed by atoms with Gasteiger partial charge in [-0.1, -0.05) is 0 Å². The quantitative estimate of drug-likeness (QED) is 0.591. The number of amides is 1. The van der Waals surface area contributed by atoms with Crippen LogP contribution in [0.3, 0.4) is 0 Å². The molecule has 9 nitrogen and oxygen atoms in total. The van der Waals surface area contributed by atoms with Crippen molar-refractivity contribution in [3.63, 3.8) is 0 Å². The molecule has 0 atom stereocenters. The molecule has 0 bridgehead atoms. The van der Waals surface area contributed by atoms with Crippen molar-refractivity contribution in [1.82, 2.24) is 14.9 Å². The van der Waals surface area contributed by atoms with Gasteiger partial charge in [-0.2, -0.15) is 0 Å². The van der Waals surface area contributed by atoms with E-state index in [9.17, 15) is 18.0 Å². The second-order valence-corrected chi connectivity index (χ2v) is 8.87. The summed E-state index contributed by atoms with van der Waals surface area (Å²) in [5, 5.41) is 0.340. The lowest BCUT2D eigenvalue weighted by Gasteiger charge is -2.20. The van der Waals surface area contributed by atoms with Crippen LogP contribution in [0.2, 0.25) is 0 Å². The van der Waals surface area contributed by atoms with Gasteiger partial charge in [-0.15, -0.1) is 0 Å². The maximum absolute atomic E-state index is 12.9. The Hall–Kier alpha value is -3.40. The van der Waals surface area contributed by atoms with Gasteiger partial charge < -0.3 is 19.4 Å². The molecule has 0 unspecified atom stereocenters. The first-order chi connectivity index (χ1) is 14.7. The number of rotatable bonds is 7. The Morgan fingerprint density at radius 2 is 1.71 bits per heavy atom. The molecule has 1 N–H and O–H groups in total. The number of carbonyl (C=O) groups is 1. The minimum absolute atomic E-state index is 0.0721. The summed E-state index contributed by atoms with van der Waals surface area (Å²) in [6.07, 6.45) is 1.11. The number of nitrogens with zero attached hydrogens (tertiary/aromatic N) is 2. The normalized spacial score (nSPS) is 11.4. The molecule has 0 aliphatic carbocycles. The summed E-state index contributed by atoms with van der Waals surface area (Å²) < 4.78 is 33.7. The summed E-state index contributed by atoms with van der Waals surface area (Å²) in [6.45, 7) is 2.23. The Morgan fingerprint density at radius 3 is 2.26 bits per heavy atom. The van der Waals surface area contributed by atoms with Gasteiger partial charge in [-0.25, -0.2) is 13.4 Å². The van der Waals surface area contributed by atoms with Crippen LogP contribution in [0, 0.1) is 0 Å². The molecule has 0 aliphatic rings. The number of aromatic nitrogens is 2. The predicted octanol–water partition coefficient (Wildman–Crippen LogP) is 2.01. The maximum Gasteiger partial charge on any atom is 0.258 e. The number of nitrogens with one attached hydrogen (secondary N) is 1. The van der Waals surface area contributed by atoms with Crippen LogP contribution in [-0.4, -0.2) is 56.2 Å². The third-order valence-corrected chi connectivity index (χ3v) is 5.93. The monoisotopic (exact) mass is 445 g/mol. The Balaban J connectivity index is 1.92. The highest BCUT2D eigenvalue weighted by Gasteiger charge is 2.18. The summed E-state index contributed by atoms with van der Waals surface area (Å²) >= 11 is 0. The molecule has 0 saturated carbocycles. The van der Waals surface area contributed by atoms with Crippen LogP contribution in [0.25, 0.3) is 10.9 Å². The average molecular weight is 445 g/mol. The summed E-state index contributed by atoms with van der Waals surface area (Å²) in [5.41, 5.74) is 0.392. The predicted molar refractivity (Wildman–Crippen MR) is 115 cm³/mol. The van der Waals surface area contributed by atoms with E-state index in [-0.39, 0.29) is 22.9 Å². The summed E-state index contributed by atoms with van der Waals surface area (Å²) in [5.74, 6) is 0.858. The SMILES string of the molecule is CCN(Cc1nc2cc(OC)c(OC)cc2c(=O)[nH]1)C(=O)c1ccc(S(C)(=O)=O)cc1. The first kappa shape index (κ1) is 22.3. The number of benzene rings is 2. The molecule has 2 aromatic carbocycles. The molecule has 1 amide bonds. The van der Waals surface area contributed by atoms with Gasteiger partial charge in [0.2, 0.25) is 0 Å². The van der Waals surface area contributed by atoms with Gasteiger partial charge in [-0.3, -0.25) is 9.59 Å². The van der Waals surface area contributed by atoms with Crippen molar-refractivity contribution in [1.29, 1.82) is 0 Å². The van der Waals surface area contributed by atoms with Crippen molar-refractivity contribution < 1.29 is 22.7 Å². The van der Waals surface area contributed by atoms with Crippen LogP contribution in [0.15, 0.2) is 46.1 Å². The molecule has 0 radical (unpaired) electrons. The van der Waals surface area contributed by atoms with Gasteiger partial charge in [0, 0.05) is 24.4 Å². The van der Waals surface area contributed by atoms with Crippen molar-refractivity contribution in [3.05, 3.63) is 58.1 Å². The zero-order chi connectivity index (χ0) is 22.8. The van der Waals surface area contributed by atoms with Crippen molar-refractivity contribution in [2.45, 2.75) is 18.4 Å². The molecular formula is C21H23N3O6S. The fourth-order valence-electron chi connectivity index (χ4n) is 3.12. The molecule has 0 fully saturated rings. The molecular weight excluding hydrogens is 422 g/mol. The Labute approximate surface area is 179 Å². The largest absolute Gasteiger partial charge is 0.493 e. The summed E-state index contributed by atoms with van der Waals surface area (Å²) in [4.78, 5) is 34.3. The van der Waals surface area contributed by atoms with Crippen molar-refractivity contribution in [3.8, 4) is 11.5 Å². The fourth-order valence-corrected chi connectivity index (χ4v) is 3.75. The molecule has 31 heavy (non-hydrogen) atoms. The lowest BCUT2D eigenvalue weighted by Crippen LogP contribution is -2.32. The second-order valence-electron chi connectivity index (χ2n) is 6.85. The molecule has 1 heterocycles. The molecule has 0 spiro atoms. The van der Waals surface area contributed by atoms with E-state index in [1.165, 1.54) is 43.4 Å². The minimum atomic E-state index is -3.35. The van der Waals surface area contributed by atoms with E-state index >= 15 is 0 Å². The van der Waals surface area contributed by atoms with Crippen LogP contribution in [0.5, 0.6) is 11.5 Å². The van der Waals surface area contributed by atoms with Gasteiger partial charge in [0.05, 0.1) is 36.6 Å². The molecule has 164 valence electrons. The third kappa shape index (κ3) is 4.69. The number of H-pyrrole nitrogens is 1. The van der Waals surface area contributed by atoms with Gasteiger partial charge in [0.1, 0.15) is 5.82 Å². The van der Waals surface area contributed by atoms with Crippen molar-refractivity contribution in [2.24, 2.45) is 0 Å². The lowest BCUT2D eigenvalue weighted by atomic mass is 10.2. The van der Waals surface area contributed by atoms with Gasteiger partial charge in [-0.05, 0) is 37.3 Å². The number of hydrogen-bond donors (Lipinski definition) is 1. The maximum atomic E-state index is 12.9. The van der Waals surface area contributed by atoms with Crippen molar-refractivity contribution >= 4 is 26.6 Å². The second kappa shape index (κ2) is 8.76.